The summed E-state index contributed by atoms with van der Waals surface area (Å²) in [6.07, 6.45) is 4.86. The number of aromatic nitrogens is 2. The van der Waals surface area contributed by atoms with Crippen molar-refractivity contribution in [1.82, 2.24) is 14.9 Å². The summed E-state index contributed by atoms with van der Waals surface area (Å²) < 4.78 is 5.23. The molecule has 3 heterocycles. The molecule has 0 N–H and O–H groups in total. The number of furan rings is 1. The normalized spacial score (nSPS) is 14.6. The van der Waals surface area contributed by atoms with Gasteiger partial charge in [-0.2, -0.15) is 0 Å². The number of carbonyl (C=O) groups excluding carboxylic acids is 1. The number of anilines is 1. The zero-order valence-electron chi connectivity index (χ0n) is 15.8. The summed E-state index contributed by atoms with van der Waals surface area (Å²) >= 11 is 0. The predicted octanol–water partition coefficient (Wildman–Crippen LogP) is 3.41. The molecule has 142 valence electrons. The summed E-state index contributed by atoms with van der Waals surface area (Å²) in [6.45, 7) is 4.71. The molecule has 6 heteroatoms. The minimum absolute atomic E-state index is 0.0000994. The van der Waals surface area contributed by atoms with E-state index in [2.05, 4.69) is 14.9 Å². The molecule has 6 nitrogen and oxygen atoms in total. The fourth-order valence-corrected chi connectivity index (χ4v) is 3.27. The Morgan fingerprint density at radius 2 is 1.82 bits per heavy atom. The van der Waals surface area contributed by atoms with Gasteiger partial charge in [0, 0.05) is 43.9 Å². The first kappa shape index (κ1) is 18.0. The molecule has 4 rings (SSSR count). The molecule has 0 atom stereocenters. The van der Waals surface area contributed by atoms with Gasteiger partial charge in [0.25, 0.3) is 0 Å². The van der Waals surface area contributed by atoms with E-state index in [0.717, 1.165) is 36.0 Å². The van der Waals surface area contributed by atoms with Crippen molar-refractivity contribution in [3.8, 4) is 11.3 Å². The molecule has 3 aromatic rings. The molecule has 0 unspecified atom stereocenters. The molecule has 1 fully saturated rings. The van der Waals surface area contributed by atoms with Crippen molar-refractivity contribution < 1.29 is 9.21 Å². The Hall–Kier alpha value is -3.41. The van der Waals surface area contributed by atoms with Crippen molar-refractivity contribution in [2.75, 3.05) is 31.1 Å². The maximum Gasteiger partial charge on any atom is 0.246 e. The van der Waals surface area contributed by atoms with E-state index < -0.39 is 0 Å². The molecular formula is C22H22N4O2. The van der Waals surface area contributed by atoms with Crippen molar-refractivity contribution in [1.29, 1.82) is 0 Å². The Kier molecular flexibility index (Phi) is 5.19. The summed E-state index contributed by atoms with van der Waals surface area (Å²) in [4.78, 5) is 25.6. The van der Waals surface area contributed by atoms with Crippen molar-refractivity contribution in [3.05, 3.63) is 72.5 Å². The maximum atomic E-state index is 12.4. The summed E-state index contributed by atoms with van der Waals surface area (Å²) in [6, 6.07) is 15.8. The van der Waals surface area contributed by atoms with Crippen molar-refractivity contribution in [2.24, 2.45) is 0 Å². The number of aryl methyl sites for hydroxylation is 1. The first-order valence-corrected chi connectivity index (χ1v) is 9.35. The van der Waals surface area contributed by atoms with Crippen LogP contribution >= 0.6 is 0 Å². The molecule has 1 aliphatic heterocycles. The lowest BCUT2D eigenvalue weighted by atomic mass is 10.1. The fraction of sp³-hybridized carbons (Fsp3) is 0.227. The van der Waals surface area contributed by atoms with E-state index in [1.165, 1.54) is 0 Å². The van der Waals surface area contributed by atoms with Crippen LogP contribution in [0.4, 0.5) is 5.82 Å². The maximum absolute atomic E-state index is 12.4. The van der Waals surface area contributed by atoms with Crippen LogP contribution in [0.1, 0.15) is 11.6 Å². The van der Waals surface area contributed by atoms with Gasteiger partial charge in [-0.3, -0.25) is 4.79 Å². The minimum Gasteiger partial charge on any atom is -0.465 e. The number of piperazine rings is 1. The zero-order valence-corrected chi connectivity index (χ0v) is 15.8. The Labute approximate surface area is 164 Å². The first-order chi connectivity index (χ1) is 13.7. The number of nitrogens with zero attached hydrogens (tertiary/aromatic N) is 4. The average molecular weight is 374 g/mol. The van der Waals surface area contributed by atoms with Crippen LogP contribution in [-0.4, -0.2) is 47.0 Å². The second kappa shape index (κ2) is 8.08. The number of carbonyl (C=O) groups is 1. The second-order valence-corrected chi connectivity index (χ2v) is 6.69. The lowest BCUT2D eigenvalue weighted by molar-refractivity contribution is -0.126. The summed E-state index contributed by atoms with van der Waals surface area (Å²) in [5.74, 6) is 2.33. The minimum atomic E-state index is -0.0000994. The number of hydrogen-bond donors (Lipinski definition) is 0. The van der Waals surface area contributed by atoms with E-state index in [0.29, 0.717) is 18.8 Å². The molecule has 1 amide bonds. The third kappa shape index (κ3) is 4.11. The van der Waals surface area contributed by atoms with Crippen molar-refractivity contribution in [2.45, 2.75) is 6.92 Å². The molecule has 0 radical (unpaired) electrons. The van der Waals surface area contributed by atoms with Crippen LogP contribution in [0, 0.1) is 6.92 Å². The van der Waals surface area contributed by atoms with Crippen LogP contribution < -0.4 is 4.90 Å². The van der Waals surface area contributed by atoms with Crippen LogP contribution in [0.25, 0.3) is 17.3 Å². The number of rotatable bonds is 4. The van der Waals surface area contributed by atoms with Gasteiger partial charge in [-0.25, -0.2) is 9.97 Å². The third-order valence-corrected chi connectivity index (χ3v) is 4.74. The van der Waals surface area contributed by atoms with Crippen LogP contribution in [0.2, 0.25) is 0 Å². The Morgan fingerprint density at radius 3 is 2.54 bits per heavy atom. The highest BCUT2D eigenvalue weighted by atomic mass is 16.3. The number of amides is 1. The average Bonchev–Trinajstić information content (AvgIpc) is 3.26. The fourth-order valence-electron chi connectivity index (χ4n) is 3.27. The molecule has 28 heavy (non-hydrogen) atoms. The smallest absolute Gasteiger partial charge is 0.246 e. The third-order valence-electron chi connectivity index (χ3n) is 4.74. The Balaban J connectivity index is 1.42. The lowest BCUT2D eigenvalue weighted by Gasteiger charge is -2.35. The van der Waals surface area contributed by atoms with E-state index in [1.54, 1.807) is 24.5 Å². The van der Waals surface area contributed by atoms with Crippen molar-refractivity contribution in [3.63, 3.8) is 0 Å². The highest BCUT2D eigenvalue weighted by Crippen LogP contribution is 2.22. The van der Waals surface area contributed by atoms with Crippen LogP contribution in [-0.2, 0) is 4.79 Å². The van der Waals surface area contributed by atoms with Gasteiger partial charge in [0.2, 0.25) is 5.91 Å². The highest BCUT2D eigenvalue weighted by Gasteiger charge is 2.21. The number of benzene rings is 1. The number of hydrogen-bond acceptors (Lipinski definition) is 5. The molecule has 0 saturated carbocycles. The van der Waals surface area contributed by atoms with Gasteiger partial charge in [-0.1, -0.05) is 30.3 Å². The largest absolute Gasteiger partial charge is 0.465 e. The highest BCUT2D eigenvalue weighted by molar-refractivity contribution is 5.91. The van der Waals surface area contributed by atoms with Gasteiger partial charge >= 0.3 is 0 Å². The van der Waals surface area contributed by atoms with Gasteiger partial charge in [-0.15, -0.1) is 0 Å². The molecule has 0 bridgehead atoms. The van der Waals surface area contributed by atoms with Crippen LogP contribution in [0.15, 0.2) is 65.3 Å². The van der Waals surface area contributed by atoms with E-state index >= 15 is 0 Å². The Morgan fingerprint density at radius 1 is 1.04 bits per heavy atom. The quantitative estimate of drug-likeness (QED) is 0.655. The summed E-state index contributed by atoms with van der Waals surface area (Å²) in [5.41, 5.74) is 1.99. The van der Waals surface area contributed by atoms with E-state index in [4.69, 9.17) is 4.42 Å². The molecule has 0 spiro atoms. The molecule has 0 aliphatic carbocycles. The zero-order chi connectivity index (χ0) is 19.3. The van der Waals surface area contributed by atoms with Crippen LogP contribution in [0.5, 0.6) is 0 Å². The van der Waals surface area contributed by atoms with Gasteiger partial charge in [-0.05, 0) is 25.1 Å². The SMILES string of the molecule is Cc1nc(-c2ccccc2)cc(N2CCN(C(=O)/C=C/c3ccco3)CC2)n1. The second-order valence-electron chi connectivity index (χ2n) is 6.69. The van der Waals surface area contributed by atoms with E-state index in [1.807, 2.05) is 54.3 Å². The molecule has 2 aromatic heterocycles. The van der Waals surface area contributed by atoms with E-state index in [-0.39, 0.29) is 5.91 Å². The van der Waals surface area contributed by atoms with Gasteiger partial charge in [0.1, 0.15) is 17.4 Å². The van der Waals surface area contributed by atoms with Crippen molar-refractivity contribution >= 4 is 17.8 Å². The molecule has 1 saturated heterocycles. The molecular weight excluding hydrogens is 352 g/mol. The van der Waals surface area contributed by atoms with Gasteiger partial charge in [0.05, 0.1) is 12.0 Å². The topological polar surface area (TPSA) is 62.5 Å². The van der Waals surface area contributed by atoms with Crippen LogP contribution in [0.3, 0.4) is 0 Å². The summed E-state index contributed by atoms with van der Waals surface area (Å²) in [7, 11) is 0. The van der Waals surface area contributed by atoms with Gasteiger partial charge < -0.3 is 14.2 Å². The monoisotopic (exact) mass is 374 g/mol. The predicted molar refractivity (Wildman–Crippen MR) is 109 cm³/mol. The standard InChI is InChI=1S/C22H22N4O2/c1-17-23-20(18-6-3-2-4-7-18)16-21(24-17)25-11-13-26(14-12-25)22(27)10-9-19-8-5-15-28-19/h2-10,15-16H,11-14H2,1H3/b10-9+. The van der Waals surface area contributed by atoms with Gasteiger partial charge in [0.15, 0.2) is 0 Å². The Bertz CT molecular complexity index is 959. The summed E-state index contributed by atoms with van der Waals surface area (Å²) in [5, 5.41) is 0. The molecule has 1 aliphatic rings. The molecule has 1 aromatic carbocycles. The van der Waals surface area contributed by atoms with E-state index in [9.17, 15) is 4.79 Å². The first-order valence-electron chi connectivity index (χ1n) is 9.35. The lowest BCUT2D eigenvalue weighted by Crippen LogP contribution is -2.48.